The van der Waals surface area contributed by atoms with Gasteiger partial charge in [0.1, 0.15) is 0 Å². The van der Waals surface area contributed by atoms with E-state index in [1.807, 2.05) is 6.92 Å². The van der Waals surface area contributed by atoms with E-state index in [4.69, 9.17) is 5.73 Å². The van der Waals surface area contributed by atoms with Crippen molar-refractivity contribution in [2.75, 3.05) is 38.2 Å². The number of benzene rings is 1. The summed E-state index contributed by atoms with van der Waals surface area (Å²) in [6.45, 7) is 2.93. The Balaban J connectivity index is 2.75. The summed E-state index contributed by atoms with van der Waals surface area (Å²) in [5.74, 6) is -0.130. The Morgan fingerprint density at radius 2 is 2.00 bits per heavy atom. The van der Waals surface area contributed by atoms with Gasteiger partial charge in [-0.15, -0.1) is 0 Å². The van der Waals surface area contributed by atoms with Crippen molar-refractivity contribution >= 4 is 23.2 Å². The Morgan fingerprint density at radius 3 is 2.60 bits per heavy atom. The molecule has 1 rings (SSSR count). The maximum absolute atomic E-state index is 12.0. The molecule has 0 aliphatic carbocycles. The Labute approximate surface area is 119 Å². The molecule has 0 saturated heterocycles. The standard InChI is InChI=1S/C14H22N4O2/c1-4-16-13(19)7-8-17-12-9-10(15)5-6-11(12)14(20)18(2)3/h5-6,9,17H,4,7-8,15H2,1-3H3,(H,16,19). The number of hydrogen-bond acceptors (Lipinski definition) is 4. The molecule has 0 aromatic heterocycles. The van der Waals surface area contributed by atoms with Crippen LogP contribution in [-0.2, 0) is 4.79 Å². The number of carbonyl (C=O) groups is 2. The van der Waals surface area contributed by atoms with Gasteiger partial charge in [0.2, 0.25) is 5.91 Å². The van der Waals surface area contributed by atoms with Gasteiger partial charge in [0.25, 0.3) is 5.91 Å². The summed E-state index contributed by atoms with van der Waals surface area (Å²) >= 11 is 0. The van der Waals surface area contributed by atoms with Crippen molar-refractivity contribution in [3.05, 3.63) is 23.8 Å². The molecule has 0 fully saturated rings. The number of hydrogen-bond donors (Lipinski definition) is 3. The number of nitrogens with one attached hydrogen (secondary N) is 2. The van der Waals surface area contributed by atoms with Crippen molar-refractivity contribution in [2.24, 2.45) is 0 Å². The van der Waals surface area contributed by atoms with E-state index in [0.29, 0.717) is 36.4 Å². The van der Waals surface area contributed by atoms with Crippen LogP contribution >= 0.6 is 0 Å². The van der Waals surface area contributed by atoms with E-state index in [1.165, 1.54) is 4.90 Å². The SMILES string of the molecule is CCNC(=O)CCNc1cc(N)ccc1C(=O)N(C)C. The molecule has 0 saturated carbocycles. The summed E-state index contributed by atoms with van der Waals surface area (Å²) in [5, 5.41) is 5.81. The largest absolute Gasteiger partial charge is 0.399 e. The molecule has 4 N–H and O–H groups in total. The maximum Gasteiger partial charge on any atom is 0.255 e. The first-order chi connectivity index (χ1) is 9.45. The van der Waals surface area contributed by atoms with E-state index in [2.05, 4.69) is 10.6 Å². The molecule has 0 bridgehead atoms. The van der Waals surface area contributed by atoms with Gasteiger partial charge >= 0.3 is 0 Å². The summed E-state index contributed by atoms with van der Waals surface area (Å²) in [7, 11) is 3.38. The third kappa shape index (κ3) is 4.46. The second-order valence-corrected chi connectivity index (χ2v) is 4.63. The van der Waals surface area contributed by atoms with Crippen LogP contribution in [0.3, 0.4) is 0 Å². The highest BCUT2D eigenvalue weighted by atomic mass is 16.2. The van der Waals surface area contributed by atoms with Crippen molar-refractivity contribution < 1.29 is 9.59 Å². The molecule has 0 aliphatic heterocycles. The molecule has 0 heterocycles. The lowest BCUT2D eigenvalue weighted by Crippen LogP contribution is -2.26. The minimum absolute atomic E-state index is 0.0237. The number of nitrogen functional groups attached to an aromatic ring is 1. The fraction of sp³-hybridized carbons (Fsp3) is 0.429. The molecule has 0 radical (unpaired) electrons. The first-order valence-corrected chi connectivity index (χ1v) is 6.57. The molecule has 0 spiro atoms. The number of amides is 2. The number of nitrogens with zero attached hydrogens (tertiary/aromatic N) is 1. The summed E-state index contributed by atoms with van der Waals surface area (Å²) in [6.07, 6.45) is 0.345. The first kappa shape index (κ1) is 15.8. The second kappa shape index (κ2) is 7.37. The molecule has 1 aromatic carbocycles. The van der Waals surface area contributed by atoms with Gasteiger partial charge in [-0.1, -0.05) is 0 Å². The van der Waals surface area contributed by atoms with Crippen LogP contribution in [0.25, 0.3) is 0 Å². The van der Waals surface area contributed by atoms with Gasteiger partial charge in [0, 0.05) is 45.0 Å². The van der Waals surface area contributed by atoms with Gasteiger partial charge in [-0.2, -0.15) is 0 Å². The Morgan fingerprint density at radius 1 is 1.30 bits per heavy atom. The molecule has 2 amide bonds. The van der Waals surface area contributed by atoms with Crippen LogP contribution in [0.1, 0.15) is 23.7 Å². The third-order valence-corrected chi connectivity index (χ3v) is 2.72. The van der Waals surface area contributed by atoms with Gasteiger partial charge in [-0.05, 0) is 25.1 Å². The van der Waals surface area contributed by atoms with Crippen LogP contribution in [0.4, 0.5) is 11.4 Å². The molecule has 1 aromatic rings. The first-order valence-electron chi connectivity index (χ1n) is 6.57. The van der Waals surface area contributed by atoms with E-state index in [9.17, 15) is 9.59 Å². The monoisotopic (exact) mass is 278 g/mol. The van der Waals surface area contributed by atoms with Crippen LogP contribution < -0.4 is 16.4 Å². The summed E-state index contributed by atoms with van der Waals surface area (Å²) < 4.78 is 0. The Bertz CT molecular complexity index is 486. The average Bonchev–Trinajstić information content (AvgIpc) is 2.38. The van der Waals surface area contributed by atoms with Gasteiger partial charge in [0.05, 0.1) is 5.56 Å². The number of rotatable bonds is 6. The van der Waals surface area contributed by atoms with Crippen molar-refractivity contribution in [3.63, 3.8) is 0 Å². The smallest absolute Gasteiger partial charge is 0.255 e. The normalized spacial score (nSPS) is 9.95. The van der Waals surface area contributed by atoms with Gasteiger partial charge < -0.3 is 21.3 Å². The van der Waals surface area contributed by atoms with E-state index >= 15 is 0 Å². The lowest BCUT2D eigenvalue weighted by molar-refractivity contribution is -0.120. The Kier molecular flexibility index (Phi) is 5.83. The minimum Gasteiger partial charge on any atom is -0.399 e. The molecule has 6 heteroatoms. The molecule has 20 heavy (non-hydrogen) atoms. The minimum atomic E-state index is -0.106. The van der Waals surface area contributed by atoms with Crippen molar-refractivity contribution in [1.82, 2.24) is 10.2 Å². The number of nitrogens with two attached hydrogens (primary N) is 1. The van der Waals surface area contributed by atoms with Crippen LogP contribution in [0.5, 0.6) is 0 Å². The highest BCUT2D eigenvalue weighted by molar-refractivity contribution is 6.00. The van der Waals surface area contributed by atoms with Crippen LogP contribution in [0.2, 0.25) is 0 Å². The fourth-order valence-electron chi connectivity index (χ4n) is 1.73. The topological polar surface area (TPSA) is 87.5 Å². The van der Waals surface area contributed by atoms with Crippen LogP contribution in [0.15, 0.2) is 18.2 Å². The van der Waals surface area contributed by atoms with Gasteiger partial charge in [0.15, 0.2) is 0 Å². The molecule has 6 nitrogen and oxygen atoms in total. The van der Waals surface area contributed by atoms with Gasteiger partial charge in [-0.3, -0.25) is 9.59 Å². The molecular formula is C14H22N4O2. The highest BCUT2D eigenvalue weighted by Crippen LogP contribution is 2.20. The van der Waals surface area contributed by atoms with Crippen LogP contribution in [0, 0.1) is 0 Å². The zero-order chi connectivity index (χ0) is 15.1. The van der Waals surface area contributed by atoms with Crippen molar-refractivity contribution in [2.45, 2.75) is 13.3 Å². The van der Waals surface area contributed by atoms with Crippen molar-refractivity contribution in [1.29, 1.82) is 0 Å². The third-order valence-electron chi connectivity index (χ3n) is 2.72. The zero-order valence-electron chi connectivity index (χ0n) is 12.2. The second-order valence-electron chi connectivity index (χ2n) is 4.63. The van der Waals surface area contributed by atoms with Crippen molar-refractivity contribution in [3.8, 4) is 0 Å². The molecule has 0 atom stereocenters. The summed E-state index contributed by atoms with van der Waals surface area (Å²) in [5.41, 5.74) is 7.50. The molecule has 0 unspecified atom stereocenters. The molecule has 0 aliphatic rings. The lowest BCUT2D eigenvalue weighted by Gasteiger charge is -2.16. The summed E-state index contributed by atoms with van der Waals surface area (Å²) in [6, 6.07) is 5.08. The zero-order valence-corrected chi connectivity index (χ0v) is 12.2. The molecule has 110 valence electrons. The lowest BCUT2D eigenvalue weighted by atomic mass is 10.1. The number of carbonyl (C=O) groups excluding carboxylic acids is 2. The quantitative estimate of drug-likeness (QED) is 0.675. The van der Waals surface area contributed by atoms with E-state index in [-0.39, 0.29) is 11.8 Å². The highest BCUT2D eigenvalue weighted by Gasteiger charge is 2.13. The Hall–Kier alpha value is -2.24. The predicted octanol–water partition coefficient (Wildman–Crippen LogP) is 0.909. The maximum atomic E-state index is 12.0. The predicted molar refractivity (Wildman–Crippen MR) is 80.7 cm³/mol. The average molecular weight is 278 g/mol. The fourth-order valence-corrected chi connectivity index (χ4v) is 1.73. The molecular weight excluding hydrogens is 256 g/mol. The van der Waals surface area contributed by atoms with E-state index in [1.54, 1.807) is 32.3 Å². The van der Waals surface area contributed by atoms with E-state index in [0.717, 1.165) is 0 Å². The van der Waals surface area contributed by atoms with Gasteiger partial charge in [-0.25, -0.2) is 0 Å². The van der Waals surface area contributed by atoms with E-state index < -0.39 is 0 Å². The summed E-state index contributed by atoms with van der Waals surface area (Å²) in [4.78, 5) is 24.9. The van der Waals surface area contributed by atoms with Crippen LogP contribution in [-0.4, -0.2) is 43.9 Å². The number of anilines is 2.